The van der Waals surface area contributed by atoms with E-state index in [9.17, 15) is 9.90 Å². The molecule has 31 heavy (non-hydrogen) atoms. The van der Waals surface area contributed by atoms with Gasteiger partial charge < -0.3 is 24.8 Å². The van der Waals surface area contributed by atoms with Gasteiger partial charge in [0.05, 0.1) is 14.2 Å². The third-order valence-electron chi connectivity index (χ3n) is 6.17. The standard InChI is InChI=1S/C25H28N2O4/c1-16(26-18-8-5-4-6-9-18)23-24(28)20-10-7-11-21(20)27(25(23)29)15-17-12-13-19(30-2)14-22(17)31-3/h4-6,8-9,12-14,20-21,26,28H,1,7,10-11,15H2,2-3H3/t20-,21+/m0/s1. The molecule has 4 rings (SSSR count). The number of benzene rings is 2. The molecule has 0 spiro atoms. The lowest BCUT2D eigenvalue weighted by Gasteiger charge is -2.39. The number of nitrogens with zero attached hydrogens (tertiary/aromatic N) is 1. The molecule has 2 atom stereocenters. The van der Waals surface area contributed by atoms with Crippen LogP contribution in [0.2, 0.25) is 0 Å². The largest absolute Gasteiger partial charge is 0.511 e. The van der Waals surface area contributed by atoms with Gasteiger partial charge in [0.15, 0.2) is 0 Å². The van der Waals surface area contributed by atoms with E-state index in [2.05, 4.69) is 11.9 Å². The van der Waals surface area contributed by atoms with Crippen LogP contribution in [0.1, 0.15) is 24.8 Å². The fraction of sp³-hybridized carbons (Fsp3) is 0.320. The van der Waals surface area contributed by atoms with E-state index in [4.69, 9.17) is 9.47 Å². The first-order valence-electron chi connectivity index (χ1n) is 10.5. The Morgan fingerprint density at radius 2 is 1.94 bits per heavy atom. The predicted molar refractivity (Wildman–Crippen MR) is 120 cm³/mol. The Labute approximate surface area is 182 Å². The number of hydrogen-bond donors (Lipinski definition) is 2. The van der Waals surface area contributed by atoms with Gasteiger partial charge in [0, 0.05) is 41.5 Å². The molecule has 0 aromatic heterocycles. The zero-order valence-electron chi connectivity index (χ0n) is 17.9. The molecule has 2 aliphatic rings. The van der Waals surface area contributed by atoms with Crippen molar-refractivity contribution in [3.05, 3.63) is 77.7 Å². The quantitative estimate of drug-likeness (QED) is 0.682. The monoisotopic (exact) mass is 420 g/mol. The van der Waals surface area contributed by atoms with Crippen LogP contribution in [0.15, 0.2) is 72.1 Å². The first-order valence-corrected chi connectivity index (χ1v) is 10.5. The molecule has 0 radical (unpaired) electrons. The number of amides is 1. The normalized spacial score (nSPS) is 20.5. The molecule has 2 aromatic rings. The number of hydrogen-bond acceptors (Lipinski definition) is 5. The Morgan fingerprint density at radius 3 is 2.65 bits per heavy atom. The molecule has 0 saturated heterocycles. The number of rotatable bonds is 7. The Hall–Kier alpha value is -3.41. The van der Waals surface area contributed by atoms with Gasteiger partial charge in [0.25, 0.3) is 5.91 Å². The summed E-state index contributed by atoms with van der Waals surface area (Å²) in [5.74, 6) is 1.23. The smallest absolute Gasteiger partial charge is 0.259 e. The minimum Gasteiger partial charge on any atom is -0.511 e. The highest BCUT2D eigenvalue weighted by atomic mass is 16.5. The SMILES string of the molecule is C=C(Nc1ccccc1)C1=C(O)[C@H]2CCC[C@H]2N(Cc2ccc(OC)cc2OC)C1=O. The van der Waals surface area contributed by atoms with Crippen LogP contribution in [0.5, 0.6) is 11.5 Å². The average molecular weight is 421 g/mol. The van der Waals surface area contributed by atoms with E-state index in [0.29, 0.717) is 23.7 Å². The molecule has 0 bridgehead atoms. The van der Waals surface area contributed by atoms with Crippen molar-refractivity contribution in [1.29, 1.82) is 0 Å². The molecular formula is C25H28N2O4. The van der Waals surface area contributed by atoms with E-state index in [1.807, 2.05) is 53.4 Å². The summed E-state index contributed by atoms with van der Waals surface area (Å²) in [5.41, 5.74) is 2.38. The highest BCUT2D eigenvalue weighted by Gasteiger charge is 2.45. The van der Waals surface area contributed by atoms with Crippen molar-refractivity contribution < 1.29 is 19.4 Å². The van der Waals surface area contributed by atoms with E-state index in [1.54, 1.807) is 14.2 Å². The number of anilines is 1. The summed E-state index contributed by atoms with van der Waals surface area (Å²) in [4.78, 5) is 15.4. The van der Waals surface area contributed by atoms with Crippen LogP contribution in [-0.2, 0) is 11.3 Å². The predicted octanol–water partition coefficient (Wildman–Crippen LogP) is 4.65. The van der Waals surface area contributed by atoms with Crippen LogP contribution in [-0.4, -0.2) is 36.2 Å². The van der Waals surface area contributed by atoms with E-state index in [1.165, 1.54) is 0 Å². The Morgan fingerprint density at radius 1 is 1.16 bits per heavy atom. The Bertz CT molecular complexity index is 1020. The Balaban J connectivity index is 1.65. The third kappa shape index (κ3) is 3.98. The number of nitrogens with one attached hydrogen (secondary N) is 1. The number of para-hydroxylation sites is 1. The van der Waals surface area contributed by atoms with Crippen LogP contribution in [0, 0.1) is 5.92 Å². The first-order chi connectivity index (χ1) is 15.0. The highest BCUT2D eigenvalue weighted by molar-refractivity contribution is 6.00. The molecule has 0 unspecified atom stereocenters. The van der Waals surface area contributed by atoms with Gasteiger partial charge in [-0.1, -0.05) is 31.2 Å². The number of fused-ring (bicyclic) bond motifs is 1. The summed E-state index contributed by atoms with van der Waals surface area (Å²) in [6, 6.07) is 15.1. The van der Waals surface area contributed by atoms with E-state index < -0.39 is 0 Å². The lowest BCUT2D eigenvalue weighted by Crippen LogP contribution is -2.48. The lowest BCUT2D eigenvalue weighted by molar-refractivity contribution is -0.132. The summed E-state index contributed by atoms with van der Waals surface area (Å²) in [7, 11) is 3.22. The number of aliphatic hydroxyl groups is 1. The molecule has 1 aliphatic heterocycles. The molecule has 2 aromatic carbocycles. The van der Waals surface area contributed by atoms with Crippen molar-refractivity contribution in [2.24, 2.45) is 5.92 Å². The van der Waals surface area contributed by atoms with Crippen molar-refractivity contribution in [2.45, 2.75) is 31.8 Å². The number of methoxy groups -OCH3 is 2. The second kappa shape index (κ2) is 8.76. The molecule has 1 aliphatic carbocycles. The molecular weight excluding hydrogens is 392 g/mol. The van der Waals surface area contributed by atoms with E-state index >= 15 is 0 Å². The van der Waals surface area contributed by atoms with E-state index in [0.717, 1.165) is 30.5 Å². The number of ether oxygens (including phenoxy) is 2. The van der Waals surface area contributed by atoms with Gasteiger partial charge in [-0.05, 0) is 37.1 Å². The van der Waals surface area contributed by atoms with E-state index in [-0.39, 0.29) is 29.2 Å². The molecule has 6 nitrogen and oxygen atoms in total. The van der Waals surface area contributed by atoms with Gasteiger partial charge in [-0.2, -0.15) is 0 Å². The van der Waals surface area contributed by atoms with Crippen LogP contribution in [0.4, 0.5) is 5.69 Å². The van der Waals surface area contributed by atoms with Crippen molar-refractivity contribution in [1.82, 2.24) is 4.90 Å². The first kappa shape index (κ1) is 20.8. The fourth-order valence-corrected chi connectivity index (χ4v) is 4.62. The van der Waals surface area contributed by atoms with Crippen LogP contribution >= 0.6 is 0 Å². The molecule has 162 valence electrons. The zero-order valence-corrected chi connectivity index (χ0v) is 17.9. The number of carbonyl (C=O) groups excluding carboxylic acids is 1. The summed E-state index contributed by atoms with van der Waals surface area (Å²) in [6.07, 6.45) is 2.68. The number of carbonyl (C=O) groups is 1. The lowest BCUT2D eigenvalue weighted by atomic mass is 9.89. The maximum Gasteiger partial charge on any atom is 0.259 e. The molecule has 1 saturated carbocycles. The fourth-order valence-electron chi connectivity index (χ4n) is 4.62. The molecule has 1 amide bonds. The molecule has 1 fully saturated rings. The zero-order chi connectivity index (χ0) is 22.0. The molecule has 6 heteroatoms. The van der Waals surface area contributed by atoms with Gasteiger partial charge in [-0.15, -0.1) is 0 Å². The minimum absolute atomic E-state index is 0.0346. The van der Waals surface area contributed by atoms with Gasteiger partial charge in [-0.3, -0.25) is 4.79 Å². The summed E-state index contributed by atoms with van der Waals surface area (Å²) in [6.45, 7) is 4.46. The highest BCUT2D eigenvalue weighted by Crippen LogP contribution is 2.42. The molecule has 1 heterocycles. The van der Waals surface area contributed by atoms with Crippen LogP contribution < -0.4 is 14.8 Å². The second-order valence-corrected chi connectivity index (χ2v) is 7.95. The van der Waals surface area contributed by atoms with Crippen LogP contribution in [0.3, 0.4) is 0 Å². The van der Waals surface area contributed by atoms with Gasteiger partial charge in [0.1, 0.15) is 22.8 Å². The topological polar surface area (TPSA) is 71.0 Å². The van der Waals surface area contributed by atoms with Gasteiger partial charge >= 0.3 is 0 Å². The van der Waals surface area contributed by atoms with Crippen molar-refractivity contribution in [3.63, 3.8) is 0 Å². The number of aliphatic hydroxyl groups excluding tert-OH is 1. The van der Waals surface area contributed by atoms with Crippen molar-refractivity contribution in [2.75, 3.05) is 19.5 Å². The third-order valence-corrected chi connectivity index (χ3v) is 6.17. The average Bonchev–Trinajstić information content (AvgIpc) is 3.27. The molecule has 2 N–H and O–H groups in total. The summed E-state index contributed by atoms with van der Waals surface area (Å²) >= 11 is 0. The van der Waals surface area contributed by atoms with Gasteiger partial charge in [0.2, 0.25) is 0 Å². The Kier molecular flexibility index (Phi) is 5.89. The minimum atomic E-state index is -0.216. The second-order valence-electron chi connectivity index (χ2n) is 7.95. The van der Waals surface area contributed by atoms with Crippen LogP contribution in [0.25, 0.3) is 0 Å². The van der Waals surface area contributed by atoms with Crippen molar-refractivity contribution in [3.8, 4) is 11.5 Å². The van der Waals surface area contributed by atoms with Crippen molar-refractivity contribution >= 4 is 11.6 Å². The maximum atomic E-state index is 13.6. The maximum absolute atomic E-state index is 13.6. The summed E-state index contributed by atoms with van der Waals surface area (Å²) < 4.78 is 10.8. The summed E-state index contributed by atoms with van der Waals surface area (Å²) in [5, 5.41) is 14.2. The van der Waals surface area contributed by atoms with Gasteiger partial charge in [-0.25, -0.2) is 0 Å².